The lowest BCUT2D eigenvalue weighted by Crippen LogP contribution is -2.08. The van der Waals surface area contributed by atoms with Gasteiger partial charge in [0.25, 0.3) is 0 Å². The van der Waals surface area contributed by atoms with Crippen molar-refractivity contribution < 1.29 is 14.6 Å². The van der Waals surface area contributed by atoms with Crippen LogP contribution in [0, 0.1) is 0 Å². The van der Waals surface area contributed by atoms with E-state index in [-0.39, 0.29) is 0 Å². The van der Waals surface area contributed by atoms with Crippen LogP contribution >= 0.6 is 11.6 Å². The topological polar surface area (TPSA) is 56.5 Å². The molecule has 0 radical (unpaired) electrons. The van der Waals surface area contributed by atoms with E-state index in [9.17, 15) is 5.11 Å². The fourth-order valence-corrected chi connectivity index (χ4v) is 2.54. The number of aliphatic hydroxyl groups is 1. The van der Waals surface area contributed by atoms with E-state index >= 15 is 0 Å². The summed E-state index contributed by atoms with van der Waals surface area (Å²) in [6, 6.07) is 3.42. The van der Waals surface area contributed by atoms with Crippen molar-refractivity contribution in [3.8, 4) is 11.5 Å². The summed E-state index contributed by atoms with van der Waals surface area (Å²) in [6.07, 6.45) is 3.32. The van der Waals surface area contributed by atoms with Crippen LogP contribution in [-0.4, -0.2) is 28.9 Å². The van der Waals surface area contributed by atoms with Gasteiger partial charge in [-0.3, -0.25) is 0 Å². The van der Waals surface area contributed by atoms with E-state index in [2.05, 4.69) is 4.98 Å². The van der Waals surface area contributed by atoms with E-state index in [4.69, 9.17) is 21.1 Å². The Morgan fingerprint density at radius 1 is 1.33 bits per heavy atom. The molecule has 2 rings (SSSR count). The minimum atomic E-state index is -0.713. The second-order valence-corrected chi connectivity index (χ2v) is 4.99. The molecule has 1 N–H and O–H groups in total. The quantitative estimate of drug-likeness (QED) is 0.891. The maximum atomic E-state index is 10.4. The number of aromatic nitrogens is 2. The van der Waals surface area contributed by atoms with Crippen molar-refractivity contribution >= 4 is 11.6 Å². The van der Waals surface area contributed by atoms with Gasteiger partial charge in [0.1, 0.15) is 5.82 Å². The SMILES string of the molecule is CCn1ccnc1CC(O)c1cc(Cl)c(OC)c(OC)c1. The van der Waals surface area contributed by atoms with Crippen molar-refractivity contribution in [2.75, 3.05) is 14.2 Å². The minimum absolute atomic E-state index is 0.407. The molecule has 1 heterocycles. The molecule has 0 aliphatic heterocycles. The van der Waals surface area contributed by atoms with Crippen molar-refractivity contribution in [1.29, 1.82) is 0 Å². The van der Waals surface area contributed by atoms with Gasteiger partial charge < -0.3 is 19.1 Å². The first kappa shape index (κ1) is 15.7. The Morgan fingerprint density at radius 3 is 2.71 bits per heavy atom. The van der Waals surface area contributed by atoms with Gasteiger partial charge in [-0.2, -0.15) is 0 Å². The molecule has 0 bridgehead atoms. The minimum Gasteiger partial charge on any atom is -0.493 e. The number of aryl methyl sites for hydroxylation is 1. The van der Waals surface area contributed by atoms with Crippen LogP contribution in [0.2, 0.25) is 5.02 Å². The van der Waals surface area contributed by atoms with Gasteiger partial charge in [-0.05, 0) is 24.6 Å². The van der Waals surface area contributed by atoms with E-state index in [0.717, 1.165) is 12.4 Å². The van der Waals surface area contributed by atoms with E-state index in [0.29, 0.717) is 28.5 Å². The highest BCUT2D eigenvalue weighted by molar-refractivity contribution is 6.32. The van der Waals surface area contributed by atoms with Crippen molar-refractivity contribution in [2.24, 2.45) is 0 Å². The molecule has 6 heteroatoms. The molecule has 114 valence electrons. The van der Waals surface area contributed by atoms with Gasteiger partial charge in [0.2, 0.25) is 0 Å². The summed E-state index contributed by atoms with van der Waals surface area (Å²) in [5.41, 5.74) is 0.670. The highest BCUT2D eigenvalue weighted by atomic mass is 35.5. The molecule has 0 saturated heterocycles. The van der Waals surface area contributed by atoms with Crippen molar-refractivity contribution in [1.82, 2.24) is 9.55 Å². The van der Waals surface area contributed by atoms with E-state index in [1.165, 1.54) is 14.2 Å². The van der Waals surface area contributed by atoms with Gasteiger partial charge in [-0.25, -0.2) is 4.98 Å². The highest BCUT2D eigenvalue weighted by Gasteiger charge is 2.17. The summed E-state index contributed by atoms with van der Waals surface area (Å²) in [5.74, 6) is 1.79. The number of imidazole rings is 1. The molecule has 5 nitrogen and oxygen atoms in total. The lowest BCUT2D eigenvalue weighted by molar-refractivity contribution is 0.174. The number of hydrogen-bond acceptors (Lipinski definition) is 4. The van der Waals surface area contributed by atoms with Crippen molar-refractivity contribution in [2.45, 2.75) is 26.0 Å². The molecule has 1 aromatic heterocycles. The first-order chi connectivity index (χ1) is 10.1. The van der Waals surface area contributed by atoms with Gasteiger partial charge in [-0.15, -0.1) is 0 Å². The van der Waals surface area contributed by atoms with Crippen molar-refractivity contribution in [3.05, 3.63) is 40.9 Å². The summed E-state index contributed by atoms with van der Waals surface area (Å²) in [4.78, 5) is 4.27. The normalized spacial score (nSPS) is 12.2. The average Bonchev–Trinajstić information content (AvgIpc) is 2.93. The van der Waals surface area contributed by atoms with Crippen LogP contribution < -0.4 is 9.47 Å². The fourth-order valence-electron chi connectivity index (χ4n) is 2.24. The number of aliphatic hydroxyl groups excluding tert-OH is 1. The van der Waals surface area contributed by atoms with Gasteiger partial charge in [-0.1, -0.05) is 11.6 Å². The molecule has 0 spiro atoms. The second-order valence-electron chi connectivity index (χ2n) is 4.59. The Morgan fingerprint density at radius 2 is 2.10 bits per heavy atom. The molecular weight excluding hydrogens is 292 g/mol. The fraction of sp³-hybridized carbons (Fsp3) is 0.400. The van der Waals surface area contributed by atoms with E-state index in [1.807, 2.05) is 17.7 Å². The third kappa shape index (κ3) is 3.31. The predicted molar refractivity (Wildman–Crippen MR) is 81.1 cm³/mol. The molecule has 1 unspecified atom stereocenters. The molecule has 1 aromatic carbocycles. The van der Waals surface area contributed by atoms with E-state index in [1.54, 1.807) is 18.3 Å². The lowest BCUT2D eigenvalue weighted by atomic mass is 10.1. The van der Waals surface area contributed by atoms with Crippen LogP contribution in [-0.2, 0) is 13.0 Å². The molecule has 1 atom stereocenters. The number of methoxy groups -OCH3 is 2. The second kappa shape index (κ2) is 6.83. The molecule has 21 heavy (non-hydrogen) atoms. The Bertz CT molecular complexity index is 613. The maximum Gasteiger partial charge on any atom is 0.179 e. The largest absolute Gasteiger partial charge is 0.493 e. The Balaban J connectivity index is 2.27. The Hall–Kier alpha value is -1.72. The van der Waals surface area contributed by atoms with Gasteiger partial charge in [0.05, 0.1) is 25.3 Å². The van der Waals surface area contributed by atoms with Crippen LogP contribution in [0.3, 0.4) is 0 Å². The lowest BCUT2D eigenvalue weighted by Gasteiger charge is -2.16. The van der Waals surface area contributed by atoms with Crippen LogP contribution in [0.15, 0.2) is 24.5 Å². The summed E-state index contributed by atoms with van der Waals surface area (Å²) in [6.45, 7) is 2.85. The first-order valence-corrected chi connectivity index (χ1v) is 7.08. The number of hydrogen-bond donors (Lipinski definition) is 1. The smallest absolute Gasteiger partial charge is 0.179 e. The molecule has 0 aliphatic carbocycles. The first-order valence-electron chi connectivity index (χ1n) is 6.70. The predicted octanol–water partition coefficient (Wildman–Crippen LogP) is 2.85. The van der Waals surface area contributed by atoms with Crippen LogP contribution in [0.25, 0.3) is 0 Å². The van der Waals surface area contributed by atoms with Gasteiger partial charge >= 0.3 is 0 Å². The van der Waals surface area contributed by atoms with Gasteiger partial charge in [0.15, 0.2) is 11.5 Å². The average molecular weight is 311 g/mol. The zero-order chi connectivity index (χ0) is 15.4. The third-order valence-electron chi connectivity index (χ3n) is 3.36. The number of nitrogens with zero attached hydrogens (tertiary/aromatic N) is 2. The summed E-state index contributed by atoms with van der Waals surface area (Å²) < 4.78 is 12.4. The highest BCUT2D eigenvalue weighted by Crippen LogP contribution is 2.38. The number of ether oxygens (including phenoxy) is 2. The Labute approximate surface area is 129 Å². The van der Waals surface area contributed by atoms with Crippen molar-refractivity contribution in [3.63, 3.8) is 0 Å². The van der Waals surface area contributed by atoms with E-state index < -0.39 is 6.10 Å². The molecule has 0 aliphatic rings. The molecular formula is C15H19ClN2O3. The maximum absolute atomic E-state index is 10.4. The zero-order valence-corrected chi connectivity index (χ0v) is 13.1. The summed E-state index contributed by atoms with van der Waals surface area (Å²) in [7, 11) is 3.06. The third-order valence-corrected chi connectivity index (χ3v) is 3.64. The summed E-state index contributed by atoms with van der Waals surface area (Å²) in [5, 5.41) is 10.8. The Kier molecular flexibility index (Phi) is 5.09. The molecule has 0 saturated carbocycles. The monoisotopic (exact) mass is 310 g/mol. The van der Waals surface area contributed by atoms with Crippen LogP contribution in [0.5, 0.6) is 11.5 Å². The molecule has 0 fully saturated rings. The number of halogens is 1. The number of rotatable bonds is 6. The molecule has 2 aromatic rings. The number of benzene rings is 1. The van der Waals surface area contributed by atoms with Crippen LogP contribution in [0.1, 0.15) is 24.4 Å². The van der Waals surface area contributed by atoms with Gasteiger partial charge in [0, 0.05) is 25.4 Å². The summed E-state index contributed by atoms with van der Waals surface area (Å²) >= 11 is 6.16. The zero-order valence-electron chi connectivity index (χ0n) is 12.3. The van der Waals surface area contributed by atoms with Crippen LogP contribution in [0.4, 0.5) is 0 Å². The molecule has 0 amide bonds. The standard InChI is InChI=1S/C15H19ClN2O3/c1-4-18-6-5-17-14(18)9-12(19)10-7-11(16)15(21-3)13(8-10)20-2/h5-8,12,19H,4,9H2,1-3H3.